The van der Waals surface area contributed by atoms with Gasteiger partial charge >= 0.3 is 0 Å². The van der Waals surface area contributed by atoms with Crippen molar-refractivity contribution in [1.82, 2.24) is 14.9 Å². The van der Waals surface area contributed by atoms with Gasteiger partial charge in [-0.2, -0.15) is 9.78 Å². The molecule has 1 aromatic carbocycles. The SMILES string of the molecule is CO[C@@H](C)c1nnc([C@H](C)OC)n1N=Cc1ccccc1. The monoisotopic (exact) mass is 288 g/mol. The Morgan fingerprint density at radius 1 is 1.00 bits per heavy atom. The van der Waals surface area contributed by atoms with Crippen molar-refractivity contribution in [3.63, 3.8) is 0 Å². The maximum Gasteiger partial charge on any atom is 0.183 e. The molecule has 0 aliphatic carbocycles. The van der Waals surface area contributed by atoms with Crippen molar-refractivity contribution in [3.8, 4) is 0 Å². The van der Waals surface area contributed by atoms with E-state index in [0.717, 1.165) is 5.56 Å². The van der Waals surface area contributed by atoms with Crippen LogP contribution in [0, 0.1) is 0 Å². The summed E-state index contributed by atoms with van der Waals surface area (Å²) in [6.07, 6.45) is 1.35. The molecule has 112 valence electrons. The van der Waals surface area contributed by atoms with Gasteiger partial charge in [-0.3, -0.25) is 0 Å². The molecule has 0 radical (unpaired) electrons. The Kier molecular flexibility index (Phi) is 5.19. The first-order chi connectivity index (χ1) is 10.2. The van der Waals surface area contributed by atoms with Gasteiger partial charge in [0.1, 0.15) is 12.2 Å². The molecule has 0 aliphatic heterocycles. The van der Waals surface area contributed by atoms with Crippen LogP contribution in [0.4, 0.5) is 0 Å². The normalized spacial score (nSPS) is 14.5. The van der Waals surface area contributed by atoms with Gasteiger partial charge in [0.15, 0.2) is 11.6 Å². The molecule has 0 unspecified atom stereocenters. The molecule has 0 saturated carbocycles. The third-order valence-corrected chi connectivity index (χ3v) is 3.25. The second-order valence-electron chi connectivity index (χ2n) is 4.64. The summed E-state index contributed by atoms with van der Waals surface area (Å²) in [5.41, 5.74) is 0.998. The predicted molar refractivity (Wildman–Crippen MR) is 80.3 cm³/mol. The van der Waals surface area contributed by atoms with Crippen LogP contribution in [-0.2, 0) is 9.47 Å². The van der Waals surface area contributed by atoms with Crippen LogP contribution in [0.25, 0.3) is 0 Å². The minimum Gasteiger partial charge on any atom is -0.374 e. The van der Waals surface area contributed by atoms with Crippen LogP contribution in [0.5, 0.6) is 0 Å². The maximum absolute atomic E-state index is 5.32. The van der Waals surface area contributed by atoms with Gasteiger partial charge in [0.25, 0.3) is 0 Å². The average molecular weight is 288 g/mol. The summed E-state index contributed by atoms with van der Waals surface area (Å²) in [5, 5.41) is 12.8. The van der Waals surface area contributed by atoms with Crippen LogP contribution in [0.1, 0.15) is 43.3 Å². The number of methoxy groups -OCH3 is 2. The summed E-state index contributed by atoms with van der Waals surface area (Å²) in [5.74, 6) is 1.28. The summed E-state index contributed by atoms with van der Waals surface area (Å²) < 4.78 is 12.3. The molecule has 1 aromatic heterocycles. The highest BCUT2D eigenvalue weighted by molar-refractivity contribution is 5.79. The second kappa shape index (κ2) is 7.10. The molecule has 0 fully saturated rings. The van der Waals surface area contributed by atoms with E-state index in [4.69, 9.17) is 9.47 Å². The second-order valence-corrected chi connectivity index (χ2v) is 4.64. The fourth-order valence-electron chi connectivity index (χ4n) is 1.80. The lowest BCUT2D eigenvalue weighted by Gasteiger charge is -2.12. The summed E-state index contributed by atoms with van der Waals surface area (Å²) >= 11 is 0. The van der Waals surface area contributed by atoms with Crippen LogP contribution < -0.4 is 0 Å². The molecule has 0 aliphatic rings. The van der Waals surface area contributed by atoms with Gasteiger partial charge in [0.05, 0.1) is 6.21 Å². The molecule has 0 amide bonds. The zero-order valence-electron chi connectivity index (χ0n) is 12.7. The van der Waals surface area contributed by atoms with Crippen molar-refractivity contribution in [1.29, 1.82) is 0 Å². The highest BCUT2D eigenvalue weighted by atomic mass is 16.5. The molecule has 0 saturated heterocycles. The molecule has 21 heavy (non-hydrogen) atoms. The quantitative estimate of drug-likeness (QED) is 0.766. The van der Waals surface area contributed by atoms with Crippen molar-refractivity contribution >= 4 is 6.21 Å². The summed E-state index contributed by atoms with van der Waals surface area (Å²) in [6.45, 7) is 3.81. The van der Waals surface area contributed by atoms with Gasteiger partial charge in [-0.25, -0.2) is 0 Å². The number of aromatic nitrogens is 3. The van der Waals surface area contributed by atoms with Crippen molar-refractivity contribution in [2.24, 2.45) is 5.10 Å². The van der Waals surface area contributed by atoms with Crippen molar-refractivity contribution in [2.75, 3.05) is 14.2 Å². The number of nitrogens with zero attached hydrogens (tertiary/aromatic N) is 4. The Morgan fingerprint density at radius 3 is 2.00 bits per heavy atom. The lowest BCUT2D eigenvalue weighted by atomic mass is 10.2. The molecular formula is C15H20N4O2. The maximum atomic E-state index is 5.32. The van der Waals surface area contributed by atoms with E-state index in [1.54, 1.807) is 25.1 Å². The van der Waals surface area contributed by atoms with Crippen molar-refractivity contribution in [2.45, 2.75) is 26.1 Å². The van der Waals surface area contributed by atoms with E-state index >= 15 is 0 Å². The largest absolute Gasteiger partial charge is 0.374 e. The van der Waals surface area contributed by atoms with Gasteiger partial charge < -0.3 is 9.47 Å². The zero-order valence-corrected chi connectivity index (χ0v) is 12.7. The molecule has 0 spiro atoms. The summed E-state index contributed by atoms with van der Waals surface area (Å²) in [6, 6.07) is 9.85. The molecule has 0 N–H and O–H groups in total. The van der Waals surface area contributed by atoms with Gasteiger partial charge in [0, 0.05) is 14.2 Å². The Hall–Kier alpha value is -2.05. The predicted octanol–water partition coefficient (Wildman–Crippen LogP) is 2.58. The van der Waals surface area contributed by atoms with Crippen LogP contribution >= 0.6 is 0 Å². The van der Waals surface area contributed by atoms with E-state index in [1.165, 1.54) is 0 Å². The Bertz CT molecular complexity index is 567. The Labute approximate surface area is 124 Å². The standard InChI is InChI=1S/C15H20N4O2/c1-11(20-3)14-17-18-15(12(2)21-4)19(14)16-10-13-8-6-5-7-9-13/h5-12H,1-4H3/t11-,12-/m0/s1. The van der Waals surface area contributed by atoms with E-state index < -0.39 is 0 Å². The summed E-state index contributed by atoms with van der Waals surface area (Å²) in [7, 11) is 3.26. The minimum absolute atomic E-state index is 0.205. The first kappa shape index (κ1) is 15.3. The first-order valence-corrected chi connectivity index (χ1v) is 6.77. The first-order valence-electron chi connectivity index (χ1n) is 6.77. The minimum atomic E-state index is -0.205. The van der Waals surface area contributed by atoms with E-state index in [0.29, 0.717) is 11.6 Å². The van der Waals surface area contributed by atoms with Gasteiger partial charge in [-0.15, -0.1) is 10.2 Å². The highest BCUT2D eigenvalue weighted by Gasteiger charge is 2.20. The van der Waals surface area contributed by atoms with Crippen LogP contribution in [0.3, 0.4) is 0 Å². The van der Waals surface area contributed by atoms with E-state index in [2.05, 4.69) is 15.3 Å². The van der Waals surface area contributed by atoms with Gasteiger partial charge in [-0.1, -0.05) is 30.3 Å². The molecule has 2 atom stereocenters. The molecule has 2 aromatic rings. The summed E-state index contributed by atoms with van der Waals surface area (Å²) in [4.78, 5) is 0. The fourth-order valence-corrected chi connectivity index (χ4v) is 1.80. The average Bonchev–Trinajstić information content (AvgIpc) is 2.96. The van der Waals surface area contributed by atoms with E-state index in [9.17, 15) is 0 Å². The number of ether oxygens (including phenoxy) is 2. The number of hydrogen-bond acceptors (Lipinski definition) is 5. The molecule has 6 heteroatoms. The third-order valence-electron chi connectivity index (χ3n) is 3.25. The van der Waals surface area contributed by atoms with Gasteiger partial charge in [0.2, 0.25) is 0 Å². The highest BCUT2D eigenvalue weighted by Crippen LogP contribution is 2.20. The number of benzene rings is 1. The lowest BCUT2D eigenvalue weighted by molar-refractivity contribution is 0.101. The van der Waals surface area contributed by atoms with E-state index in [-0.39, 0.29) is 12.2 Å². The third kappa shape index (κ3) is 3.53. The van der Waals surface area contributed by atoms with Crippen molar-refractivity contribution in [3.05, 3.63) is 47.5 Å². The molecule has 0 bridgehead atoms. The molecular weight excluding hydrogens is 268 g/mol. The van der Waals surface area contributed by atoms with Crippen LogP contribution in [-0.4, -0.2) is 35.3 Å². The Morgan fingerprint density at radius 2 is 1.52 bits per heavy atom. The number of hydrogen-bond donors (Lipinski definition) is 0. The number of rotatable bonds is 6. The van der Waals surface area contributed by atoms with Crippen LogP contribution in [0.15, 0.2) is 35.4 Å². The smallest absolute Gasteiger partial charge is 0.183 e. The molecule has 2 rings (SSSR count). The van der Waals surface area contributed by atoms with E-state index in [1.807, 2.05) is 44.2 Å². The van der Waals surface area contributed by atoms with Crippen molar-refractivity contribution < 1.29 is 9.47 Å². The molecule has 1 heterocycles. The van der Waals surface area contributed by atoms with Gasteiger partial charge in [-0.05, 0) is 19.4 Å². The fraction of sp³-hybridized carbons (Fsp3) is 0.400. The Balaban J connectivity index is 2.39. The topological polar surface area (TPSA) is 61.5 Å². The van der Waals surface area contributed by atoms with Crippen LogP contribution in [0.2, 0.25) is 0 Å². The zero-order chi connectivity index (χ0) is 15.2. The lowest BCUT2D eigenvalue weighted by Crippen LogP contribution is -2.10. The molecule has 6 nitrogen and oxygen atoms in total.